The van der Waals surface area contributed by atoms with Crippen molar-refractivity contribution >= 4 is 51.0 Å². The molecular weight excluding hydrogens is 480 g/mol. The number of carbonyl (C=O) groups excluding carboxylic acids is 3. The molecule has 0 spiro atoms. The number of nitrogens with zero attached hydrogens (tertiary/aromatic N) is 2. The second-order valence-corrected chi connectivity index (χ2v) is 9.45. The lowest BCUT2D eigenvalue weighted by molar-refractivity contribution is -0.122. The van der Waals surface area contributed by atoms with Crippen LogP contribution in [0.1, 0.15) is 15.9 Å². The lowest BCUT2D eigenvalue weighted by Gasteiger charge is -2.36. The third-order valence-electron chi connectivity index (χ3n) is 6.83. The van der Waals surface area contributed by atoms with Crippen LogP contribution in [-0.4, -0.2) is 29.7 Å². The van der Waals surface area contributed by atoms with E-state index in [0.29, 0.717) is 11.3 Å². The SMILES string of the molecule is O=C(c1ccccc1)[C@@H]1[C@@H]2C(=O)N(c3ccc(Br)cc3)C(=O)[C@@H]2[C@@H]2C=Cc3ccccc3N12. The van der Waals surface area contributed by atoms with Crippen LogP contribution in [0.4, 0.5) is 11.4 Å². The number of imide groups is 1. The predicted molar refractivity (Wildman–Crippen MR) is 130 cm³/mol. The Kier molecular flexibility index (Phi) is 4.59. The molecule has 3 heterocycles. The van der Waals surface area contributed by atoms with E-state index in [2.05, 4.69) is 15.9 Å². The summed E-state index contributed by atoms with van der Waals surface area (Å²) in [6, 6.07) is 22.8. The zero-order chi connectivity index (χ0) is 22.7. The van der Waals surface area contributed by atoms with Crippen molar-refractivity contribution in [3.63, 3.8) is 0 Å². The second kappa shape index (κ2) is 7.52. The Hall–Kier alpha value is -3.51. The number of fused-ring (bicyclic) bond motifs is 5. The van der Waals surface area contributed by atoms with Crippen molar-refractivity contribution in [3.05, 3.63) is 101 Å². The number of hydrogen-bond donors (Lipinski definition) is 0. The maximum Gasteiger partial charge on any atom is 0.240 e. The Morgan fingerprint density at radius 2 is 1.45 bits per heavy atom. The van der Waals surface area contributed by atoms with Gasteiger partial charge in [0.25, 0.3) is 0 Å². The second-order valence-electron chi connectivity index (χ2n) is 8.53. The molecule has 2 fully saturated rings. The van der Waals surface area contributed by atoms with Gasteiger partial charge >= 0.3 is 0 Å². The van der Waals surface area contributed by atoms with Crippen LogP contribution in [0.5, 0.6) is 0 Å². The Bertz CT molecular complexity index is 1320. The van der Waals surface area contributed by atoms with Crippen LogP contribution in [0.2, 0.25) is 0 Å². The molecule has 0 radical (unpaired) electrons. The van der Waals surface area contributed by atoms with Gasteiger partial charge in [-0.3, -0.25) is 14.4 Å². The summed E-state index contributed by atoms with van der Waals surface area (Å²) in [4.78, 5) is 44.5. The fourth-order valence-electron chi connectivity index (χ4n) is 5.43. The van der Waals surface area contributed by atoms with E-state index in [4.69, 9.17) is 0 Å². The molecule has 0 unspecified atom stereocenters. The molecule has 2 saturated heterocycles. The first-order valence-electron chi connectivity index (χ1n) is 10.8. The number of Topliss-reactive ketones (excluding diaryl/α,β-unsaturated/α-hetero) is 1. The van der Waals surface area contributed by atoms with Crippen molar-refractivity contribution in [1.82, 2.24) is 0 Å². The highest BCUT2D eigenvalue weighted by Gasteiger charge is 2.64. The third-order valence-corrected chi connectivity index (χ3v) is 7.36. The van der Waals surface area contributed by atoms with Gasteiger partial charge < -0.3 is 4.90 Å². The van der Waals surface area contributed by atoms with Gasteiger partial charge in [-0.05, 0) is 35.9 Å². The number of anilines is 2. The van der Waals surface area contributed by atoms with E-state index < -0.39 is 17.9 Å². The van der Waals surface area contributed by atoms with E-state index >= 15 is 0 Å². The third kappa shape index (κ3) is 2.94. The molecule has 3 aromatic rings. The summed E-state index contributed by atoms with van der Waals surface area (Å²) in [6.07, 6.45) is 3.96. The van der Waals surface area contributed by atoms with Gasteiger partial charge in [0.2, 0.25) is 11.8 Å². The first-order chi connectivity index (χ1) is 16.1. The van der Waals surface area contributed by atoms with E-state index in [1.165, 1.54) is 4.90 Å². The molecule has 5 nitrogen and oxygen atoms in total. The highest BCUT2D eigenvalue weighted by atomic mass is 79.9. The van der Waals surface area contributed by atoms with E-state index in [1.54, 1.807) is 36.4 Å². The van der Waals surface area contributed by atoms with E-state index in [-0.39, 0.29) is 23.6 Å². The molecule has 4 atom stereocenters. The molecule has 3 aliphatic heterocycles. The predicted octanol–water partition coefficient (Wildman–Crippen LogP) is 4.72. The molecular formula is C27H19BrN2O3. The average molecular weight is 499 g/mol. The molecule has 0 bridgehead atoms. The van der Waals surface area contributed by atoms with Crippen molar-refractivity contribution in [3.8, 4) is 0 Å². The monoisotopic (exact) mass is 498 g/mol. The van der Waals surface area contributed by atoms with Gasteiger partial charge in [-0.2, -0.15) is 0 Å². The van der Waals surface area contributed by atoms with Crippen LogP contribution in [0, 0.1) is 11.8 Å². The number of ketones is 1. The number of halogens is 1. The van der Waals surface area contributed by atoms with Crippen molar-refractivity contribution in [1.29, 1.82) is 0 Å². The Balaban J connectivity index is 1.50. The van der Waals surface area contributed by atoms with E-state index in [1.807, 2.05) is 59.5 Å². The van der Waals surface area contributed by atoms with Crippen molar-refractivity contribution in [2.24, 2.45) is 11.8 Å². The van der Waals surface area contributed by atoms with Gasteiger partial charge in [-0.1, -0.05) is 76.6 Å². The maximum atomic E-state index is 13.8. The van der Waals surface area contributed by atoms with Crippen LogP contribution in [0.25, 0.3) is 6.08 Å². The summed E-state index contributed by atoms with van der Waals surface area (Å²) < 4.78 is 0.862. The molecule has 2 amide bonds. The fraction of sp³-hybridized carbons (Fsp3) is 0.148. The molecule has 6 rings (SSSR count). The van der Waals surface area contributed by atoms with Crippen molar-refractivity contribution in [2.75, 3.05) is 9.80 Å². The highest BCUT2D eigenvalue weighted by Crippen LogP contribution is 2.49. The smallest absolute Gasteiger partial charge is 0.240 e. The number of rotatable bonds is 3. The minimum atomic E-state index is -0.759. The number of hydrogen-bond acceptors (Lipinski definition) is 4. The molecule has 6 heteroatoms. The van der Waals surface area contributed by atoms with Crippen molar-refractivity contribution < 1.29 is 14.4 Å². The Morgan fingerprint density at radius 1 is 0.788 bits per heavy atom. The van der Waals surface area contributed by atoms with E-state index in [9.17, 15) is 14.4 Å². The Labute approximate surface area is 199 Å². The summed E-state index contributed by atoms with van der Waals surface area (Å²) in [5.41, 5.74) is 2.92. The molecule has 3 aliphatic rings. The van der Waals surface area contributed by atoms with Crippen LogP contribution in [-0.2, 0) is 9.59 Å². The Morgan fingerprint density at radius 3 is 2.21 bits per heavy atom. The zero-order valence-electron chi connectivity index (χ0n) is 17.5. The number of para-hydroxylation sites is 1. The first-order valence-corrected chi connectivity index (χ1v) is 11.6. The molecule has 0 aliphatic carbocycles. The minimum absolute atomic E-state index is 0.142. The van der Waals surface area contributed by atoms with Gasteiger partial charge in [-0.15, -0.1) is 0 Å². The normalized spacial score (nSPS) is 25.1. The lowest BCUT2D eigenvalue weighted by Crippen LogP contribution is -2.48. The van der Waals surface area contributed by atoms with Gasteiger partial charge in [0.05, 0.1) is 23.6 Å². The summed E-state index contributed by atoms with van der Waals surface area (Å²) in [5, 5.41) is 0. The molecule has 0 saturated carbocycles. The quantitative estimate of drug-likeness (QED) is 0.387. The molecule has 0 N–H and O–H groups in total. The summed E-state index contributed by atoms with van der Waals surface area (Å²) in [5.74, 6) is -2.09. The highest BCUT2D eigenvalue weighted by molar-refractivity contribution is 9.10. The van der Waals surface area contributed by atoms with Gasteiger partial charge in [0, 0.05) is 15.7 Å². The summed E-state index contributed by atoms with van der Waals surface area (Å²) >= 11 is 3.40. The topological polar surface area (TPSA) is 57.7 Å². The summed E-state index contributed by atoms with van der Waals surface area (Å²) in [7, 11) is 0. The van der Waals surface area contributed by atoms with Crippen LogP contribution < -0.4 is 9.80 Å². The standard InChI is InChI=1S/C27H19BrN2O3/c28-18-11-13-19(14-12-18)29-26(32)22-21-15-10-16-6-4-5-9-20(16)30(21)24(23(22)27(29)33)25(31)17-7-2-1-3-8-17/h1-15,21-24H/t21-,22+,23+,24-/m0/s1. The average Bonchev–Trinajstić information content (AvgIpc) is 3.33. The molecule has 3 aromatic carbocycles. The first kappa shape index (κ1) is 20.1. The molecule has 33 heavy (non-hydrogen) atoms. The van der Waals surface area contributed by atoms with Crippen LogP contribution in [0.3, 0.4) is 0 Å². The van der Waals surface area contributed by atoms with Gasteiger partial charge in [0.1, 0.15) is 6.04 Å². The van der Waals surface area contributed by atoms with Crippen LogP contribution >= 0.6 is 15.9 Å². The van der Waals surface area contributed by atoms with E-state index in [0.717, 1.165) is 15.7 Å². The van der Waals surface area contributed by atoms with Crippen LogP contribution in [0.15, 0.2) is 89.4 Å². The number of benzene rings is 3. The molecule has 0 aromatic heterocycles. The minimum Gasteiger partial charge on any atom is -0.352 e. The van der Waals surface area contributed by atoms with Gasteiger partial charge in [0.15, 0.2) is 5.78 Å². The number of carbonyl (C=O) groups is 3. The number of amides is 2. The largest absolute Gasteiger partial charge is 0.352 e. The summed E-state index contributed by atoms with van der Waals surface area (Å²) in [6.45, 7) is 0. The van der Waals surface area contributed by atoms with Crippen molar-refractivity contribution in [2.45, 2.75) is 12.1 Å². The lowest BCUT2D eigenvalue weighted by atomic mass is 9.86. The van der Waals surface area contributed by atoms with Gasteiger partial charge in [-0.25, -0.2) is 4.90 Å². The zero-order valence-corrected chi connectivity index (χ0v) is 19.1. The maximum absolute atomic E-state index is 13.8. The molecule has 162 valence electrons. The fourth-order valence-corrected chi connectivity index (χ4v) is 5.70.